The molecular weight excluding hydrogens is 519 g/mol. The Labute approximate surface area is 221 Å². The van der Waals surface area contributed by atoms with Crippen LogP contribution in [-0.2, 0) is 22.8 Å². The molecule has 1 aliphatic rings. The summed E-state index contributed by atoms with van der Waals surface area (Å²) < 4.78 is 42.2. The smallest absolute Gasteiger partial charge is 0.326 e. The number of nitrogens with zero attached hydrogens (tertiary/aromatic N) is 4. The molecule has 1 unspecified atom stereocenters. The third-order valence-corrected chi connectivity index (χ3v) is 7.22. The number of nitrogens with one attached hydrogen (secondary N) is 1. The Morgan fingerprint density at radius 2 is 1.82 bits per heavy atom. The molecule has 1 saturated heterocycles. The van der Waals surface area contributed by atoms with Gasteiger partial charge in [0.05, 0.1) is 16.9 Å². The number of benzene rings is 2. The molecular formula is C26H26F3N5O3S. The second-order valence-electron chi connectivity index (χ2n) is 8.73. The van der Waals surface area contributed by atoms with Gasteiger partial charge in [0, 0.05) is 25.7 Å². The molecule has 8 nitrogen and oxygen atoms in total. The number of alkyl halides is 3. The highest BCUT2D eigenvalue weighted by Gasteiger charge is 2.39. The number of amidine groups is 1. The Morgan fingerprint density at radius 1 is 1.11 bits per heavy atom. The predicted octanol–water partition coefficient (Wildman–Crippen LogP) is 4.87. The first-order valence-corrected chi connectivity index (χ1v) is 12.8. The summed E-state index contributed by atoms with van der Waals surface area (Å²) in [6.45, 7) is 3.99. The zero-order chi connectivity index (χ0) is 27.6. The van der Waals surface area contributed by atoms with E-state index in [-0.39, 0.29) is 29.3 Å². The van der Waals surface area contributed by atoms with E-state index in [1.807, 2.05) is 25.1 Å². The van der Waals surface area contributed by atoms with Crippen LogP contribution in [0.15, 0.2) is 64.4 Å². The predicted molar refractivity (Wildman–Crippen MR) is 141 cm³/mol. The Kier molecular flexibility index (Phi) is 7.81. The molecule has 1 fully saturated rings. The molecule has 2 heterocycles. The first-order chi connectivity index (χ1) is 18.0. The molecule has 1 N–H and O–H groups in total. The van der Waals surface area contributed by atoms with Gasteiger partial charge in [-0.2, -0.15) is 13.2 Å². The van der Waals surface area contributed by atoms with Gasteiger partial charge in [0.2, 0.25) is 11.8 Å². The minimum Gasteiger partial charge on any atom is -0.326 e. The summed E-state index contributed by atoms with van der Waals surface area (Å²) in [5.74, 6) is -0.943. The first kappa shape index (κ1) is 27.2. The monoisotopic (exact) mass is 545 g/mol. The SMILES string of the molecule is CCCN1C(=O)C(CC(=O)Nc2cccc(C(F)(F)F)c2)SC1=Nc1c(C)n(C)n(-c2ccccc2)c1=O. The van der Waals surface area contributed by atoms with Crippen molar-refractivity contribution in [1.29, 1.82) is 0 Å². The minimum atomic E-state index is -4.54. The fourth-order valence-corrected chi connectivity index (χ4v) is 5.26. The standard InChI is InChI=1S/C26H26F3N5O3S/c1-4-13-33-23(36)20(15-21(35)30-18-10-8-9-17(14-18)26(27,28)29)38-25(33)31-22-16(2)32(3)34(24(22)37)19-11-6-5-7-12-19/h5-12,14,20H,4,13,15H2,1-3H3,(H,30,35). The number of anilines is 1. The molecule has 3 aromatic rings. The molecule has 1 atom stereocenters. The van der Waals surface area contributed by atoms with Crippen LogP contribution in [0.1, 0.15) is 31.0 Å². The van der Waals surface area contributed by atoms with E-state index in [4.69, 9.17) is 0 Å². The van der Waals surface area contributed by atoms with E-state index < -0.39 is 22.9 Å². The Bertz CT molecular complexity index is 1450. The summed E-state index contributed by atoms with van der Waals surface area (Å²) >= 11 is 1.06. The van der Waals surface area contributed by atoms with Crippen molar-refractivity contribution >= 4 is 40.1 Å². The summed E-state index contributed by atoms with van der Waals surface area (Å²) in [5, 5.41) is 1.92. The summed E-state index contributed by atoms with van der Waals surface area (Å²) in [6.07, 6.45) is -4.18. The van der Waals surface area contributed by atoms with Gasteiger partial charge in [0.1, 0.15) is 5.25 Å². The summed E-state index contributed by atoms with van der Waals surface area (Å²) in [7, 11) is 1.74. The number of hydrogen-bond acceptors (Lipinski definition) is 5. The maximum absolute atomic E-state index is 13.3. The van der Waals surface area contributed by atoms with Crippen molar-refractivity contribution < 1.29 is 22.8 Å². The van der Waals surface area contributed by atoms with E-state index in [0.29, 0.717) is 29.5 Å². The largest absolute Gasteiger partial charge is 0.416 e. The van der Waals surface area contributed by atoms with Crippen LogP contribution >= 0.6 is 11.8 Å². The summed E-state index contributed by atoms with van der Waals surface area (Å²) in [5.41, 5.74) is 0.201. The molecule has 2 amide bonds. The Morgan fingerprint density at radius 3 is 2.47 bits per heavy atom. The number of halogens is 3. The van der Waals surface area contributed by atoms with Crippen molar-refractivity contribution in [3.63, 3.8) is 0 Å². The normalized spacial score (nSPS) is 16.9. The van der Waals surface area contributed by atoms with E-state index in [1.165, 1.54) is 21.7 Å². The van der Waals surface area contributed by atoms with Crippen LogP contribution < -0.4 is 10.9 Å². The zero-order valence-corrected chi connectivity index (χ0v) is 21.8. The lowest BCUT2D eigenvalue weighted by atomic mass is 10.2. The number of carbonyl (C=O) groups excluding carboxylic acids is 2. The van der Waals surface area contributed by atoms with Crippen LogP contribution in [0.25, 0.3) is 5.69 Å². The second kappa shape index (κ2) is 10.9. The number of aromatic nitrogens is 2. The van der Waals surface area contributed by atoms with E-state index in [0.717, 1.165) is 23.9 Å². The van der Waals surface area contributed by atoms with E-state index >= 15 is 0 Å². The van der Waals surface area contributed by atoms with Crippen molar-refractivity contribution in [3.8, 4) is 5.69 Å². The highest BCUT2D eigenvalue weighted by Crippen LogP contribution is 2.33. The molecule has 0 aliphatic carbocycles. The van der Waals surface area contributed by atoms with Crippen LogP contribution in [0, 0.1) is 6.92 Å². The Hall–Kier alpha value is -3.80. The summed E-state index contributed by atoms with van der Waals surface area (Å²) in [4.78, 5) is 45.1. The molecule has 2 aromatic carbocycles. The van der Waals surface area contributed by atoms with Gasteiger partial charge < -0.3 is 5.32 Å². The minimum absolute atomic E-state index is 0.0130. The molecule has 200 valence electrons. The average Bonchev–Trinajstić information content (AvgIpc) is 3.27. The zero-order valence-electron chi connectivity index (χ0n) is 21.0. The van der Waals surface area contributed by atoms with Gasteiger partial charge in [-0.1, -0.05) is 43.0 Å². The fraction of sp³-hybridized carbons (Fsp3) is 0.308. The van der Waals surface area contributed by atoms with Gasteiger partial charge in [-0.15, -0.1) is 0 Å². The van der Waals surface area contributed by atoms with E-state index in [2.05, 4.69) is 10.3 Å². The van der Waals surface area contributed by atoms with Crippen molar-refractivity contribution in [2.24, 2.45) is 12.0 Å². The van der Waals surface area contributed by atoms with Gasteiger partial charge >= 0.3 is 6.18 Å². The lowest BCUT2D eigenvalue weighted by Crippen LogP contribution is -2.34. The van der Waals surface area contributed by atoms with Crippen LogP contribution in [0.4, 0.5) is 24.5 Å². The number of amides is 2. The quantitative estimate of drug-likeness (QED) is 0.459. The average molecular weight is 546 g/mol. The molecule has 0 radical (unpaired) electrons. The van der Waals surface area contributed by atoms with Crippen LogP contribution in [0.3, 0.4) is 0 Å². The first-order valence-electron chi connectivity index (χ1n) is 11.9. The van der Waals surface area contributed by atoms with E-state index in [9.17, 15) is 27.6 Å². The lowest BCUT2D eigenvalue weighted by molar-refractivity contribution is -0.137. The molecule has 1 aromatic heterocycles. The van der Waals surface area contributed by atoms with Gasteiger partial charge in [0.15, 0.2) is 10.9 Å². The molecule has 4 rings (SSSR count). The second-order valence-corrected chi connectivity index (χ2v) is 9.90. The fourth-order valence-electron chi connectivity index (χ4n) is 4.09. The lowest BCUT2D eigenvalue weighted by Gasteiger charge is -2.15. The third kappa shape index (κ3) is 5.54. The topological polar surface area (TPSA) is 88.7 Å². The van der Waals surface area contributed by atoms with Crippen molar-refractivity contribution in [2.75, 3.05) is 11.9 Å². The number of thioether (sulfide) groups is 1. The molecule has 0 spiro atoms. The molecule has 1 aliphatic heterocycles. The van der Waals surface area contributed by atoms with Gasteiger partial charge in [-0.25, -0.2) is 9.67 Å². The van der Waals surface area contributed by atoms with Gasteiger partial charge in [-0.3, -0.25) is 24.0 Å². The van der Waals surface area contributed by atoms with Gasteiger partial charge in [0.25, 0.3) is 5.56 Å². The number of rotatable bonds is 7. The molecule has 38 heavy (non-hydrogen) atoms. The summed E-state index contributed by atoms with van der Waals surface area (Å²) in [6, 6.07) is 13.4. The maximum atomic E-state index is 13.3. The van der Waals surface area contributed by atoms with Gasteiger partial charge in [-0.05, 0) is 43.7 Å². The number of para-hydroxylation sites is 1. The van der Waals surface area contributed by atoms with E-state index in [1.54, 1.807) is 30.8 Å². The van der Waals surface area contributed by atoms with Crippen LogP contribution in [0.2, 0.25) is 0 Å². The van der Waals surface area contributed by atoms with Crippen molar-refractivity contribution in [2.45, 2.75) is 38.1 Å². The molecule has 0 bridgehead atoms. The van der Waals surface area contributed by atoms with Crippen LogP contribution in [0.5, 0.6) is 0 Å². The molecule has 0 saturated carbocycles. The third-order valence-electron chi connectivity index (χ3n) is 6.04. The number of hydrogen-bond donors (Lipinski definition) is 1. The van der Waals surface area contributed by atoms with Crippen molar-refractivity contribution in [1.82, 2.24) is 14.3 Å². The maximum Gasteiger partial charge on any atom is 0.416 e. The highest BCUT2D eigenvalue weighted by atomic mass is 32.2. The highest BCUT2D eigenvalue weighted by molar-refractivity contribution is 8.15. The Balaban J connectivity index is 1.58. The molecule has 12 heteroatoms. The van der Waals surface area contributed by atoms with Crippen molar-refractivity contribution in [3.05, 3.63) is 76.2 Å². The number of carbonyl (C=O) groups is 2. The number of aliphatic imine (C=N–C) groups is 1. The van der Waals surface area contributed by atoms with Crippen LogP contribution in [-0.4, -0.2) is 43.0 Å².